The van der Waals surface area contributed by atoms with Gasteiger partial charge in [0.2, 0.25) is 0 Å². The zero-order chi connectivity index (χ0) is 13.9. The second-order valence-corrected chi connectivity index (χ2v) is 5.45. The van der Waals surface area contributed by atoms with Gasteiger partial charge in [0.25, 0.3) is 0 Å². The Kier molecular flexibility index (Phi) is 4.51. The minimum Gasteiger partial charge on any atom is -0.480 e. The molecule has 1 N–H and O–H groups in total. The summed E-state index contributed by atoms with van der Waals surface area (Å²) in [5.74, 6) is -1.34. The highest BCUT2D eigenvalue weighted by Gasteiger charge is 2.38. The summed E-state index contributed by atoms with van der Waals surface area (Å²) in [4.78, 5) is 24.8. The van der Waals surface area contributed by atoms with E-state index in [2.05, 4.69) is 6.58 Å². The molecule has 0 aromatic heterocycles. The van der Waals surface area contributed by atoms with Crippen LogP contribution in [0.15, 0.2) is 12.7 Å². The van der Waals surface area contributed by atoms with Crippen LogP contribution in [0, 0.1) is 0 Å². The normalized spacial score (nSPS) is 22.5. The topological polar surface area (TPSA) is 66.8 Å². The summed E-state index contributed by atoms with van der Waals surface area (Å²) in [5, 5.41) is 9.11. The minimum absolute atomic E-state index is 0.439. The molecule has 1 rings (SSSR count). The van der Waals surface area contributed by atoms with Crippen LogP contribution in [-0.4, -0.2) is 46.2 Å². The Morgan fingerprint density at radius 3 is 2.56 bits per heavy atom. The first-order valence-corrected chi connectivity index (χ1v) is 6.10. The lowest BCUT2D eigenvalue weighted by Gasteiger charge is -2.30. The van der Waals surface area contributed by atoms with Crippen molar-refractivity contribution in [3.05, 3.63) is 12.7 Å². The quantitative estimate of drug-likeness (QED) is 0.608. The molecule has 0 radical (unpaired) electrons. The van der Waals surface area contributed by atoms with Gasteiger partial charge in [-0.15, -0.1) is 6.58 Å². The van der Waals surface area contributed by atoms with Crippen LogP contribution in [-0.2, 0) is 14.3 Å². The number of hydrogen-bond acceptors (Lipinski definition) is 4. The molecule has 1 saturated heterocycles. The fourth-order valence-corrected chi connectivity index (χ4v) is 2.12. The Labute approximate surface area is 107 Å². The number of hydrogen-bond donors (Lipinski definition) is 1. The Morgan fingerprint density at radius 1 is 1.50 bits per heavy atom. The molecule has 0 spiro atoms. The van der Waals surface area contributed by atoms with E-state index in [0.29, 0.717) is 13.0 Å². The molecule has 0 amide bonds. The third-order valence-electron chi connectivity index (χ3n) is 2.81. The largest absolute Gasteiger partial charge is 0.480 e. The number of carbonyl (C=O) groups is 2. The predicted molar refractivity (Wildman–Crippen MR) is 67.2 cm³/mol. The van der Waals surface area contributed by atoms with Crippen molar-refractivity contribution in [3.63, 3.8) is 0 Å². The zero-order valence-corrected chi connectivity index (χ0v) is 11.2. The number of esters is 1. The van der Waals surface area contributed by atoms with Crippen molar-refractivity contribution in [3.8, 4) is 0 Å². The van der Waals surface area contributed by atoms with Crippen LogP contribution in [0.25, 0.3) is 0 Å². The van der Waals surface area contributed by atoms with E-state index < -0.39 is 29.6 Å². The van der Waals surface area contributed by atoms with E-state index in [1.54, 1.807) is 25.7 Å². The van der Waals surface area contributed by atoms with Gasteiger partial charge >= 0.3 is 11.9 Å². The average molecular weight is 255 g/mol. The molecule has 1 heterocycles. The molecule has 1 aliphatic heterocycles. The van der Waals surface area contributed by atoms with Crippen LogP contribution in [0.1, 0.15) is 33.6 Å². The second-order valence-electron chi connectivity index (χ2n) is 5.45. The second kappa shape index (κ2) is 5.52. The molecular formula is C13H21NO4. The number of aliphatic carboxylic acids is 1. The molecular weight excluding hydrogens is 234 g/mol. The number of rotatable bonds is 4. The summed E-state index contributed by atoms with van der Waals surface area (Å²) in [5.41, 5.74) is -0.587. The van der Waals surface area contributed by atoms with Gasteiger partial charge in [0.1, 0.15) is 17.7 Å². The van der Waals surface area contributed by atoms with Crippen LogP contribution in [0.3, 0.4) is 0 Å². The summed E-state index contributed by atoms with van der Waals surface area (Å²) in [7, 11) is 0. The van der Waals surface area contributed by atoms with Crippen LogP contribution in [0.4, 0.5) is 0 Å². The van der Waals surface area contributed by atoms with Gasteiger partial charge in [-0.1, -0.05) is 6.08 Å². The number of carboxylic acids is 1. The van der Waals surface area contributed by atoms with Crippen molar-refractivity contribution < 1.29 is 19.4 Å². The van der Waals surface area contributed by atoms with E-state index in [4.69, 9.17) is 9.84 Å². The summed E-state index contributed by atoms with van der Waals surface area (Å²) in [6.07, 6.45) is 2.78. The molecule has 0 bridgehead atoms. The molecule has 0 aliphatic carbocycles. The minimum atomic E-state index is -0.900. The lowest BCUT2D eigenvalue weighted by molar-refractivity contribution is -0.161. The van der Waals surface area contributed by atoms with Crippen molar-refractivity contribution in [1.82, 2.24) is 4.90 Å². The van der Waals surface area contributed by atoms with E-state index in [0.717, 1.165) is 6.42 Å². The molecule has 0 aromatic rings. The molecule has 102 valence electrons. The molecule has 5 heteroatoms. The maximum Gasteiger partial charge on any atom is 0.327 e. The van der Waals surface area contributed by atoms with Crippen LogP contribution < -0.4 is 0 Å². The van der Waals surface area contributed by atoms with Crippen molar-refractivity contribution in [1.29, 1.82) is 0 Å². The Bertz CT molecular complexity index is 345. The Morgan fingerprint density at radius 2 is 2.11 bits per heavy atom. The average Bonchev–Trinajstić information content (AvgIpc) is 2.64. The van der Waals surface area contributed by atoms with Gasteiger partial charge in [-0.05, 0) is 33.6 Å². The fourth-order valence-electron chi connectivity index (χ4n) is 2.12. The molecule has 0 aromatic carbocycles. The molecule has 0 saturated carbocycles. The third-order valence-corrected chi connectivity index (χ3v) is 2.81. The smallest absolute Gasteiger partial charge is 0.327 e. The van der Waals surface area contributed by atoms with Gasteiger partial charge < -0.3 is 9.84 Å². The summed E-state index contributed by atoms with van der Waals surface area (Å²) in [6, 6.07) is -1.31. The maximum absolute atomic E-state index is 12.0. The number of likely N-dealkylation sites (tertiary alicyclic amines) is 1. The van der Waals surface area contributed by atoms with Crippen molar-refractivity contribution in [2.24, 2.45) is 0 Å². The van der Waals surface area contributed by atoms with E-state index in [1.165, 1.54) is 6.08 Å². The van der Waals surface area contributed by atoms with Gasteiger partial charge in [-0.3, -0.25) is 9.69 Å². The predicted octanol–water partition coefficient (Wildman–Crippen LogP) is 1.43. The molecule has 18 heavy (non-hydrogen) atoms. The highest BCUT2D eigenvalue weighted by atomic mass is 16.6. The lowest BCUT2D eigenvalue weighted by atomic mass is 10.1. The number of carboxylic acid groups (broad SMARTS) is 1. The van der Waals surface area contributed by atoms with Crippen molar-refractivity contribution >= 4 is 11.9 Å². The SMILES string of the molecule is C=CC(C(=O)OC(C)(C)C)N1CCCC1C(=O)O. The fraction of sp³-hybridized carbons (Fsp3) is 0.692. The van der Waals surface area contributed by atoms with Gasteiger partial charge in [0.05, 0.1) is 0 Å². The molecule has 2 atom stereocenters. The van der Waals surface area contributed by atoms with E-state index in [1.807, 2.05) is 0 Å². The monoisotopic (exact) mass is 255 g/mol. The Hall–Kier alpha value is -1.36. The zero-order valence-electron chi connectivity index (χ0n) is 11.2. The molecule has 5 nitrogen and oxygen atoms in total. The van der Waals surface area contributed by atoms with Crippen LogP contribution in [0.2, 0.25) is 0 Å². The molecule has 2 unspecified atom stereocenters. The van der Waals surface area contributed by atoms with E-state index >= 15 is 0 Å². The highest BCUT2D eigenvalue weighted by Crippen LogP contribution is 2.22. The number of ether oxygens (including phenoxy) is 1. The first-order valence-electron chi connectivity index (χ1n) is 6.10. The van der Waals surface area contributed by atoms with Gasteiger partial charge in [-0.25, -0.2) is 4.79 Å². The first kappa shape index (κ1) is 14.7. The summed E-state index contributed by atoms with van der Waals surface area (Å²) >= 11 is 0. The summed E-state index contributed by atoms with van der Waals surface area (Å²) < 4.78 is 5.29. The molecule has 1 aliphatic rings. The highest BCUT2D eigenvalue weighted by molar-refractivity contribution is 5.81. The third kappa shape index (κ3) is 3.57. The molecule has 1 fully saturated rings. The number of nitrogens with zero attached hydrogens (tertiary/aromatic N) is 1. The Balaban J connectivity index is 2.80. The van der Waals surface area contributed by atoms with Gasteiger partial charge in [0, 0.05) is 6.54 Å². The maximum atomic E-state index is 12.0. The summed E-state index contributed by atoms with van der Waals surface area (Å²) in [6.45, 7) is 9.54. The van der Waals surface area contributed by atoms with Crippen molar-refractivity contribution in [2.45, 2.75) is 51.3 Å². The van der Waals surface area contributed by atoms with Crippen LogP contribution >= 0.6 is 0 Å². The standard InChI is InChI=1S/C13H21NO4/c1-5-9(12(17)18-13(2,3)4)14-8-6-7-10(14)11(15)16/h5,9-10H,1,6-8H2,2-4H3,(H,15,16). The number of carbonyl (C=O) groups excluding carboxylic acids is 1. The first-order chi connectivity index (χ1) is 8.26. The van der Waals surface area contributed by atoms with Gasteiger partial charge in [-0.2, -0.15) is 0 Å². The van der Waals surface area contributed by atoms with E-state index in [9.17, 15) is 9.59 Å². The van der Waals surface area contributed by atoms with E-state index in [-0.39, 0.29) is 0 Å². The van der Waals surface area contributed by atoms with Gasteiger partial charge in [0.15, 0.2) is 0 Å². The lowest BCUT2D eigenvalue weighted by Crippen LogP contribution is -2.48. The van der Waals surface area contributed by atoms with Crippen molar-refractivity contribution in [2.75, 3.05) is 6.54 Å². The van der Waals surface area contributed by atoms with Crippen LogP contribution in [0.5, 0.6) is 0 Å².